The van der Waals surface area contributed by atoms with Gasteiger partial charge in [0, 0.05) is 32.2 Å². The molecule has 1 amide bonds. The highest BCUT2D eigenvalue weighted by atomic mass is 35.5. The lowest BCUT2D eigenvalue weighted by atomic mass is 9.79. The Morgan fingerprint density at radius 1 is 1.29 bits per heavy atom. The Morgan fingerprint density at radius 3 is 2.57 bits per heavy atom. The molecule has 126 valence electrons. The molecular formula is C13H27Cl2N3O3. The number of amides is 1. The van der Waals surface area contributed by atoms with E-state index in [4.69, 9.17) is 9.47 Å². The van der Waals surface area contributed by atoms with Crippen LogP contribution >= 0.6 is 24.8 Å². The highest BCUT2D eigenvalue weighted by Crippen LogP contribution is 2.28. The van der Waals surface area contributed by atoms with E-state index in [9.17, 15) is 4.79 Å². The van der Waals surface area contributed by atoms with Gasteiger partial charge in [-0.25, -0.2) is 0 Å². The largest absolute Gasteiger partial charge is 0.384 e. The quantitative estimate of drug-likeness (QED) is 0.652. The number of hydrogen-bond donors (Lipinski definition) is 3. The van der Waals surface area contributed by atoms with Gasteiger partial charge < -0.3 is 25.4 Å². The number of morpholine rings is 1. The van der Waals surface area contributed by atoms with Crippen molar-refractivity contribution < 1.29 is 14.3 Å². The first-order chi connectivity index (χ1) is 9.26. The zero-order valence-corrected chi connectivity index (χ0v) is 14.1. The summed E-state index contributed by atoms with van der Waals surface area (Å²) in [7, 11) is 1.72. The number of nitrogens with one attached hydrogen (secondary N) is 3. The number of halogens is 2. The van der Waals surface area contributed by atoms with E-state index in [1.54, 1.807) is 7.11 Å². The van der Waals surface area contributed by atoms with Crippen LogP contribution in [-0.2, 0) is 14.3 Å². The first-order valence-corrected chi connectivity index (χ1v) is 7.05. The average molecular weight is 344 g/mol. The summed E-state index contributed by atoms with van der Waals surface area (Å²) in [5, 5.41) is 9.55. The summed E-state index contributed by atoms with van der Waals surface area (Å²) in [6.07, 6.45) is 1.71. The second-order valence-corrected chi connectivity index (χ2v) is 5.46. The summed E-state index contributed by atoms with van der Waals surface area (Å²) in [4.78, 5) is 12.1. The molecule has 21 heavy (non-hydrogen) atoms. The molecule has 0 aliphatic carbocycles. The molecule has 2 rings (SSSR count). The predicted molar refractivity (Wildman–Crippen MR) is 86.5 cm³/mol. The topological polar surface area (TPSA) is 71.6 Å². The van der Waals surface area contributed by atoms with E-state index in [1.165, 1.54) is 0 Å². The molecule has 2 aliphatic rings. The van der Waals surface area contributed by atoms with Gasteiger partial charge in [0.25, 0.3) is 0 Å². The van der Waals surface area contributed by atoms with E-state index in [2.05, 4.69) is 16.0 Å². The Bertz CT molecular complexity index is 291. The maximum atomic E-state index is 12.1. The van der Waals surface area contributed by atoms with Gasteiger partial charge >= 0.3 is 0 Å². The Morgan fingerprint density at radius 2 is 2.00 bits per heavy atom. The van der Waals surface area contributed by atoms with E-state index >= 15 is 0 Å². The average Bonchev–Trinajstić information content (AvgIpc) is 2.47. The first-order valence-electron chi connectivity index (χ1n) is 7.05. The number of carbonyl (C=O) groups excluding carboxylic acids is 1. The third-order valence-corrected chi connectivity index (χ3v) is 3.97. The standard InChI is InChI=1S/C13H25N3O3.2ClH/c1-18-10-13(2-4-14-5-3-13)9-16-12(17)11-8-15-6-7-19-11;;/h11,14-15H,2-10H2,1H3,(H,16,17);2*1H/t11-;;/m1../s1. The van der Waals surface area contributed by atoms with E-state index in [0.29, 0.717) is 26.3 Å². The van der Waals surface area contributed by atoms with Crippen LogP contribution in [-0.4, -0.2) is 65.1 Å². The number of methoxy groups -OCH3 is 1. The maximum Gasteiger partial charge on any atom is 0.250 e. The van der Waals surface area contributed by atoms with Gasteiger partial charge in [-0.3, -0.25) is 4.79 Å². The second kappa shape index (κ2) is 10.6. The van der Waals surface area contributed by atoms with E-state index < -0.39 is 0 Å². The molecule has 2 heterocycles. The van der Waals surface area contributed by atoms with E-state index in [1.807, 2.05) is 0 Å². The fourth-order valence-corrected chi connectivity index (χ4v) is 2.76. The van der Waals surface area contributed by atoms with Crippen LogP contribution in [0, 0.1) is 5.41 Å². The molecule has 8 heteroatoms. The molecule has 3 N–H and O–H groups in total. The van der Waals surface area contributed by atoms with Gasteiger partial charge in [0.2, 0.25) is 5.91 Å². The molecule has 0 saturated carbocycles. The maximum absolute atomic E-state index is 12.1. The van der Waals surface area contributed by atoms with Gasteiger partial charge in [0.15, 0.2) is 0 Å². The first kappa shape index (κ1) is 20.9. The SMILES string of the molecule is COCC1(CNC(=O)[C@H]2CNCCO2)CCNCC1.Cl.Cl. The number of ether oxygens (including phenoxy) is 2. The fourth-order valence-electron chi connectivity index (χ4n) is 2.76. The van der Waals surface area contributed by atoms with Crippen LogP contribution in [0.15, 0.2) is 0 Å². The van der Waals surface area contributed by atoms with Crippen LogP contribution in [0.4, 0.5) is 0 Å². The molecule has 0 radical (unpaired) electrons. The summed E-state index contributed by atoms with van der Waals surface area (Å²) in [6.45, 7) is 5.36. The molecule has 2 aliphatic heterocycles. The van der Waals surface area contributed by atoms with Crippen molar-refractivity contribution in [3.8, 4) is 0 Å². The van der Waals surface area contributed by atoms with E-state index in [0.717, 1.165) is 32.5 Å². The van der Waals surface area contributed by atoms with Gasteiger partial charge in [0.05, 0.1) is 13.2 Å². The Labute approximate surface area is 138 Å². The van der Waals surface area contributed by atoms with Crippen LogP contribution in [0.2, 0.25) is 0 Å². The van der Waals surface area contributed by atoms with Gasteiger partial charge in [-0.05, 0) is 25.9 Å². The van der Waals surface area contributed by atoms with Crippen molar-refractivity contribution in [1.82, 2.24) is 16.0 Å². The molecule has 0 spiro atoms. The zero-order valence-electron chi connectivity index (χ0n) is 12.5. The molecule has 1 atom stereocenters. The summed E-state index contributed by atoms with van der Waals surface area (Å²) >= 11 is 0. The van der Waals surface area contributed by atoms with Crippen molar-refractivity contribution in [2.24, 2.45) is 5.41 Å². The van der Waals surface area contributed by atoms with Crippen molar-refractivity contribution in [1.29, 1.82) is 0 Å². The van der Waals surface area contributed by atoms with Crippen LogP contribution in [0.1, 0.15) is 12.8 Å². The third-order valence-electron chi connectivity index (χ3n) is 3.97. The normalized spacial score (nSPS) is 24.3. The minimum atomic E-state index is -0.352. The minimum absolute atomic E-state index is 0. The fraction of sp³-hybridized carbons (Fsp3) is 0.923. The Balaban J connectivity index is 0.00000200. The number of hydrogen-bond acceptors (Lipinski definition) is 5. The van der Waals surface area contributed by atoms with Crippen molar-refractivity contribution in [3.63, 3.8) is 0 Å². The summed E-state index contributed by atoms with van der Waals surface area (Å²) in [6, 6.07) is 0. The molecule has 6 nitrogen and oxygen atoms in total. The Kier molecular flexibility index (Phi) is 10.5. The van der Waals surface area contributed by atoms with Crippen LogP contribution < -0.4 is 16.0 Å². The van der Waals surface area contributed by atoms with E-state index in [-0.39, 0.29) is 42.2 Å². The smallest absolute Gasteiger partial charge is 0.250 e. The monoisotopic (exact) mass is 343 g/mol. The van der Waals surface area contributed by atoms with Crippen molar-refractivity contribution in [2.75, 3.05) is 53.0 Å². The summed E-state index contributed by atoms with van der Waals surface area (Å²) in [5.74, 6) is -0.0128. The second-order valence-electron chi connectivity index (χ2n) is 5.46. The summed E-state index contributed by atoms with van der Waals surface area (Å²) < 4.78 is 10.8. The number of rotatable bonds is 5. The van der Waals surface area contributed by atoms with Crippen molar-refractivity contribution in [3.05, 3.63) is 0 Å². The number of piperidine rings is 1. The van der Waals surface area contributed by atoms with Gasteiger partial charge in [0.1, 0.15) is 6.10 Å². The van der Waals surface area contributed by atoms with Crippen LogP contribution in [0.3, 0.4) is 0 Å². The third kappa shape index (κ3) is 6.26. The summed E-state index contributed by atoms with van der Waals surface area (Å²) in [5.41, 5.74) is 0.0672. The molecular weight excluding hydrogens is 317 g/mol. The van der Waals surface area contributed by atoms with Crippen LogP contribution in [0.5, 0.6) is 0 Å². The molecule has 0 unspecified atom stereocenters. The number of carbonyl (C=O) groups is 1. The van der Waals surface area contributed by atoms with Gasteiger partial charge in [-0.2, -0.15) is 0 Å². The highest BCUT2D eigenvalue weighted by Gasteiger charge is 2.33. The lowest BCUT2D eigenvalue weighted by molar-refractivity contribution is -0.135. The highest BCUT2D eigenvalue weighted by molar-refractivity contribution is 5.85. The predicted octanol–water partition coefficient (Wildman–Crippen LogP) is -0.0492. The van der Waals surface area contributed by atoms with Crippen molar-refractivity contribution in [2.45, 2.75) is 18.9 Å². The molecule has 0 bridgehead atoms. The molecule has 0 aromatic rings. The molecule has 0 aromatic carbocycles. The lowest BCUT2D eigenvalue weighted by Crippen LogP contribution is -2.52. The van der Waals surface area contributed by atoms with Gasteiger partial charge in [-0.15, -0.1) is 24.8 Å². The van der Waals surface area contributed by atoms with Gasteiger partial charge in [-0.1, -0.05) is 0 Å². The lowest BCUT2D eigenvalue weighted by Gasteiger charge is -2.37. The van der Waals surface area contributed by atoms with Crippen LogP contribution in [0.25, 0.3) is 0 Å². The zero-order chi connectivity index (χ0) is 13.6. The minimum Gasteiger partial charge on any atom is -0.384 e. The molecule has 2 fully saturated rings. The molecule has 2 saturated heterocycles. The Hall–Kier alpha value is -0.110. The molecule has 0 aromatic heterocycles. The van der Waals surface area contributed by atoms with Crippen molar-refractivity contribution >= 4 is 30.7 Å².